The van der Waals surface area contributed by atoms with E-state index >= 15 is 0 Å². The molecule has 1 aromatic heterocycles. The van der Waals surface area contributed by atoms with Crippen LogP contribution in [-0.2, 0) is 20.7 Å². The van der Waals surface area contributed by atoms with Crippen molar-refractivity contribution in [3.63, 3.8) is 0 Å². The van der Waals surface area contributed by atoms with Gasteiger partial charge in [0.15, 0.2) is 0 Å². The van der Waals surface area contributed by atoms with Crippen molar-refractivity contribution < 1.29 is 19.1 Å². The van der Waals surface area contributed by atoms with Gasteiger partial charge in [0.1, 0.15) is 11.4 Å². The van der Waals surface area contributed by atoms with Gasteiger partial charge in [-0.05, 0) is 32.9 Å². The number of methoxy groups -OCH3 is 1. The molecule has 0 saturated carbocycles. The number of pyridine rings is 1. The Kier molecular flexibility index (Phi) is 5.49. The lowest BCUT2D eigenvalue weighted by Gasteiger charge is -2.19. The second kappa shape index (κ2) is 6.88. The van der Waals surface area contributed by atoms with Crippen LogP contribution < -0.4 is 5.32 Å². The molecule has 0 aliphatic heterocycles. The van der Waals surface area contributed by atoms with Crippen LogP contribution in [0.1, 0.15) is 32.9 Å². The van der Waals surface area contributed by atoms with Crippen LogP contribution in [0.4, 0.5) is 10.6 Å². The Balaban J connectivity index is 2.59. The van der Waals surface area contributed by atoms with Gasteiger partial charge in [0.25, 0.3) is 0 Å². The molecule has 0 aliphatic carbocycles. The molecule has 0 bridgehead atoms. The normalized spacial score (nSPS) is 10.8. The Morgan fingerprint density at radius 2 is 2.00 bits per heavy atom. The zero-order chi connectivity index (χ0) is 15.2. The average Bonchev–Trinajstić information content (AvgIpc) is 2.34. The molecule has 0 aromatic carbocycles. The zero-order valence-corrected chi connectivity index (χ0v) is 12.2. The Hall–Kier alpha value is -2.11. The third kappa shape index (κ3) is 6.17. The lowest BCUT2D eigenvalue weighted by Crippen LogP contribution is -2.27. The second-order valence-corrected chi connectivity index (χ2v) is 5.22. The first-order valence-corrected chi connectivity index (χ1v) is 6.33. The van der Waals surface area contributed by atoms with Gasteiger partial charge in [-0.3, -0.25) is 10.1 Å². The van der Waals surface area contributed by atoms with Crippen LogP contribution in [0.15, 0.2) is 18.2 Å². The Labute approximate surface area is 118 Å². The number of anilines is 1. The van der Waals surface area contributed by atoms with Crippen LogP contribution in [0.25, 0.3) is 0 Å². The first kappa shape index (κ1) is 15.9. The summed E-state index contributed by atoms with van der Waals surface area (Å²) in [5, 5.41) is 2.55. The van der Waals surface area contributed by atoms with Gasteiger partial charge < -0.3 is 9.47 Å². The van der Waals surface area contributed by atoms with Crippen molar-refractivity contribution in [2.24, 2.45) is 0 Å². The number of esters is 1. The number of hydrogen-bond donors (Lipinski definition) is 1. The van der Waals surface area contributed by atoms with Crippen molar-refractivity contribution in [3.05, 3.63) is 23.9 Å². The number of carbonyl (C=O) groups excluding carboxylic acids is 2. The molecule has 0 fully saturated rings. The maximum absolute atomic E-state index is 11.6. The number of nitrogens with one attached hydrogen (secondary N) is 1. The predicted molar refractivity (Wildman–Crippen MR) is 74.4 cm³/mol. The topological polar surface area (TPSA) is 77.5 Å². The van der Waals surface area contributed by atoms with Gasteiger partial charge >= 0.3 is 12.1 Å². The van der Waals surface area contributed by atoms with Gasteiger partial charge in [-0.2, -0.15) is 0 Å². The smallest absolute Gasteiger partial charge is 0.413 e. The molecule has 0 unspecified atom stereocenters. The van der Waals surface area contributed by atoms with Crippen molar-refractivity contribution in [1.29, 1.82) is 0 Å². The fourth-order valence-corrected chi connectivity index (χ4v) is 1.43. The van der Waals surface area contributed by atoms with E-state index in [4.69, 9.17) is 4.74 Å². The number of amides is 1. The van der Waals surface area contributed by atoms with Gasteiger partial charge in [0, 0.05) is 12.1 Å². The SMILES string of the molecule is COC(=O)CCc1cccc(NC(=O)OC(C)(C)C)n1. The molecule has 1 heterocycles. The number of aryl methyl sites for hydroxylation is 1. The Bertz CT molecular complexity index is 480. The standard InChI is InChI=1S/C14H20N2O4/c1-14(2,3)20-13(18)16-11-7-5-6-10(15-11)8-9-12(17)19-4/h5-7H,8-9H2,1-4H3,(H,15,16,18). The first-order valence-electron chi connectivity index (χ1n) is 6.33. The molecule has 1 amide bonds. The van der Waals surface area contributed by atoms with E-state index in [1.54, 1.807) is 39.0 Å². The molecule has 6 heteroatoms. The number of rotatable bonds is 4. The summed E-state index contributed by atoms with van der Waals surface area (Å²) < 4.78 is 9.70. The van der Waals surface area contributed by atoms with E-state index in [0.717, 1.165) is 0 Å². The summed E-state index contributed by atoms with van der Waals surface area (Å²) in [7, 11) is 1.34. The fourth-order valence-electron chi connectivity index (χ4n) is 1.43. The largest absolute Gasteiger partial charge is 0.469 e. The average molecular weight is 280 g/mol. The highest BCUT2D eigenvalue weighted by molar-refractivity contribution is 5.83. The molecule has 110 valence electrons. The molecule has 1 aromatic rings. The van der Waals surface area contributed by atoms with E-state index in [2.05, 4.69) is 15.0 Å². The Morgan fingerprint density at radius 1 is 1.30 bits per heavy atom. The van der Waals surface area contributed by atoms with Gasteiger partial charge in [0.05, 0.1) is 13.5 Å². The van der Waals surface area contributed by atoms with E-state index in [9.17, 15) is 9.59 Å². The van der Waals surface area contributed by atoms with Crippen molar-refractivity contribution >= 4 is 17.9 Å². The van der Waals surface area contributed by atoms with Crippen molar-refractivity contribution in [1.82, 2.24) is 4.98 Å². The molecule has 0 radical (unpaired) electrons. The second-order valence-electron chi connectivity index (χ2n) is 5.22. The molecule has 1 rings (SSSR count). The molecule has 0 saturated heterocycles. The maximum atomic E-state index is 11.6. The molecule has 0 atom stereocenters. The van der Waals surface area contributed by atoms with Gasteiger partial charge in [-0.25, -0.2) is 9.78 Å². The van der Waals surface area contributed by atoms with Crippen LogP contribution in [0.2, 0.25) is 0 Å². The fraction of sp³-hybridized carbons (Fsp3) is 0.500. The van der Waals surface area contributed by atoms with Gasteiger partial charge in [0.2, 0.25) is 0 Å². The van der Waals surface area contributed by atoms with Crippen LogP contribution in [0, 0.1) is 0 Å². The summed E-state index contributed by atoms with van der Waals surface area (Å²) in [6.45, 7) is 5.35. The van der Waals surface area contributed by atoms with Crippen LogP contribution in [0.3, 0.4) is 0 Å². The molecule has 0 spiro atoms. The highest BCUT2D eigenvalue weighted by atomic mass is 16.6. The molecule has 0 aliphatic rings. The van der Waals surface area contributed by atoms with Crippen molar-refractivity contribution in [2.45, 2.75) is 39.2 Å². The van der Waals surface area contributed by atoms with Crippen LogP contribution >= 0.6 is 0 Å². The minimum atomic E-state index is -0.563. The van der Waals surface area contributed by atoms with E-state index < -0.39 is 11.7 Å². The lowest BCUT2D eigenvalue weighted by molar-refractivity contribution is -0.140. The highest BCUT2D eigenvalue weighted by Crippen LogP contribution is 2.11. The third-order valence-electron chi connectivity index (χ3n) is 2.25. The summed E-state index contributed by atoms with van der Waals surface area (Å²) in [6, 6.07) is 5.20. The number of aromatic nitrogens is 1. The number of carbonyl (C=O) groups is 2. The summed E-state index contributed by atoms with van der Waals surface area (Å²) in [5.74, 6) is 0.0962. The highest BCUT2D eigenvalue weighted by Gasteiger charge is 2.16. The van der Waals surface area contributed by atoms with E-state index in [0.29, 0.717) is 17.9 Å². The molecule has 1 N–H and O–H groups in total. The first-order chi connectivity index (χ1) is 9.30. The third-order valence-corrected chi connectivity index (χ3v) is 2.25. The summed E-state index contributed by atoms with van der Waals surface area (Å²) in [4.78, 5) is 26.9. The van der Waals surface area contributed by atoms with Crippen LogP contribution in [0.5, 0.6) is 0 Å². The van der Waals surface area contributed by atoms with Crippen LogP contribution in [-0.4, -0.2) is 29.8 Å². The van der Waals surface area contributed by atoms with E-state index in [-0.39, 0.29) is 12.4 Å². The van der Waals surface area contributed by atoms with E-state index in [1.807, 2.05) is 0 Å². The van der Waals surface area contributed by atoms with E-state index in [1.165, 1.54) is 7.11 Å². The summed E-state index contributed by atoms with van der Waals surface area (Å²) in [6.07, 6.45) is 0.144. The predicted octanol–water partition coefficient (Wildman–Crippen LogP) is 2.53. The zero-order valence-electron chi connectivity index (χ0n) is 12.2. The Morgan fingerprint density at radius 3 is 2.60 bits per heavy atom. The van der Waals surface area contributed by atoms with Crippen molar-refractivity contribution in [3.8, 4) is 0 Å². The molecule has 6 nitrogen and oxygen atoms in total. The van der Waals surface area contributed by atoms with Crippen molar-refractivity contribution in [2.75, 3.05) is 12.4 Å². The molecular weight excluding hydrogens is 260 g/mol. The summed E-state index contributed by atoms with van der Waals surface area (Å²) in [5.41, 5.74) is 0.135. The minimum Gasteiger partial charge on any atom is -0.469 e. The lowest BCUT2D eigenvalue weighted by atomic mass is 10.2. The van der Waals surface area contributed by atoms with Gasteiger partial charge in [-0.1, -0.05) is 6.07 Å². The van der Waals surface area contributed by atoms with Gasteiger partial charge in [-0.15, -0.1) is 0 Å². The number of nitrogens with zero attached hydrogens (tertiary/aromatic N) is 1. The summed E-state index contributed by atoms with van der Waals surface area (Å²) >= 11 is 0. The quantitative estimate of drug-likeness (QED) is 0.857. The minimum absolute atomic E-state index is 0.249. The number of hydrogen-bond acceptors (Lipinski definition) is 5. The maximum Gasteiger partial charge on any atom is 0.413 e. The molecular formula is C14H20N2O4. The number of ether oxygens (including phenoxy) is 2. The molecule has 20 heavy (non-hydrogen) atoms. The monoisotopic (exact) mass is 280 g/mol.